The van der Waals surface area contributed by atoms with Gasteiger partial charge >= 0.3 is 0 Å². The van der Waals surface area contributed by atoms with Crippen molar-refractivity contribution < 1.29 is 13.2 Å². The average molecular weight is 714 g/mol. The molecule has 0 saturated heterocycles. The molecule has 54 heavy (non-hydrogen) atoms. The van der Waals surface area contributed by atoms with E-state index in [1.54, 1.807) is 6.07 Å². The first-order valence-electron chi connectivity index (χ1n) is 18.1. The van der Waals surface area contributed by atoms with E-state index in [0.717, 1.165) is 60.9 Å². The molecule has 0 saturated carbocycles. The van der Waals surface area contributed by atoms with E-state index >= 15 is 8.42 Å². The Morgan fingerprint density at radius 1 is 0.444 bits per heavy atom. The first kappa shape index (κ1) is 30.9. The maximum Gasteiger partial charge on any atom is 0.209 e. The van der Waals surface area contributed by atoms with Gasteiger partial charge in [0.05, 0.1) is 21.3 Å². The van der Waals surface area contributed by atoms with Crippen molar-refractivity contribution in [1.29, 1.82) is 0 Å². The molecule has 5 heteroatoms. The first-order chi connectivity index (χ1) is 26.5. The Morgan fingerprint density at radius 2 is 0.981 bits per heavy atom. The number of sulfone groups is 1. The molecule has 2 aliphatic heterocycles. The van der Waals surface area contributed by atoms with Gasteiger partial charge in [0, 0.05) is 27.6 Å². The van der Waals surface area contributed by atoms with Crippen LogP contribution < -0.4 is 4.74 Å². The third kappa shape index (κ3) is 4.16. The summed E-state index contributed by atoms with van der Waals surface area (Å²) in [6.45, 7) is 0. The number of ether oxygens (including phenoxy) is 1. The Morgan fingerprint density at radius 3 is 1.63 bits per heavy atom. The van der Waals surface area contributed by atoms with E-state index in [4.69, 9.17) is 4.74 Å². The summed E-state index contributed by atoms with van der Waals surface area (Å²) in [4.78, 5) is 0.615. The van der Waals surface area contributed by atoms with E-state index in [9.17, 15) is 0 Å². The lowest BCUT2D eigenvalue weighted by Gasteiger charge is -2.45. The highest BCUT2D eigenvalue weighted by Crippen LogP contribution is 2.61. The number of benzene rings is 8. The van der Waals surface area contributed by atoms with Crippen LogP contribution in [0.15, 0.2) is 198 Å². The Balaban J connectivity index is 1.34. The van der Waals surface area contributed by atoms with Gasteiger partial charge in [0.1, 0.15) is 16.4 Å². The molecule has 8 aromatic carbocycles. The summed E-state index contributed by atoms with van der Waals surface area (Å²) in [5.74, 6) is 1.42. The molecule has 0 N–H and O–H groups in total. The summed E-state index contributed by atoms with van der Waals surface area (Å²) >= 11 is 0. The van der Waals surface area contributed by atoms with Crippen molar-refractivity contribution in [3.8, 4) is 39.4 Å². The highest BCUT2D eigenvalue weighted by molar-refractivity contribution is 7.92. The molecule has 9 aromatic rings. The van der Waals surface area contributed by atoms with Crippen molar-refractivity contribution in [2.45, 2.75) is 15.2 Å². The highest BCUT2D eigenvalue weighted by Gasteiger charge is 2.53. The molecular weight excluding hydrogens is 683 g/mol. The minimum absolute atomic E-state index is 0.302. The average Bonchev–Trinajstić information content (AvgIpc) is 3.57. The number of nitrogens with zero attached hydrogens (tertiary/aromatic N) is 1. The predicted octanol–water partition coefficient (Wildman–Crippen LogP) is 11.8. The number of fused-ring (bicyclic) bond motifs is 12. The molecule has 11 rings (SSSR count). The largest absolute Gasteiger partial charge is 0.457 e. The molecule has 2 aliphatic rings. The summed E-state index contributed by atoms with van der Waals surface area (Å²) in [6, 6.07) is 63.3. The van der Waals surface area contributed by atoms with Crippen LogP contribution in [-0.4, -0.2) is 13.0 Å². The quantitative estimate of drug-likeness (QED) is 0.183. The van der Waals surface area contributed by atoms with Crippen molar-refractivity contribution >= 4 is 31.6 Å². The number of hydrogen-bond acceptors (Lipinski definition) is 3. The summed E-state index contributed by atoms with van der Waals surface area (Å²) in [7, 11) is -4.07. The Hall–Kier alpha value is -6.69. The van der Waals surface area contributed by atoms with Gasteiger partial charge in [0.2, 0.25) is 9.84 Å². The Bertz CT molecular complexity index is 2990. The lowest BCUT2D eigenvalue weighted by molar-refractivity contribution is 0.430. The van der Waals surface area contributed by atoms with Crippen LogP contribution in [0.25, 0.3) is 49.7 Å². The Labute approximate surface area is 313 Å². The summed E-state index contributed by atoms with van der Waals surface area (Å²) in [5, 5.41) is 1.86. The second-order valence-corrected chi connectivity index (χ2v) is 15.9. The van der Waals surface area contributed by atoms with E-state index < -0.39 is 15.3 Å². The van der Waals surface area contributed by atoms with Crippen LogP contribution in [-0.2, 0) is 15.3 Å². The molecular formula is C49H31NO3S. The number of hydrogen-bond donors (Lipinski definition) is 0. The van der Waals surface area contributed by atoms with E-state index in [-0.39, 0.29) is 0 Å². The zero-order valence-electron chi connectivity index (χ0n) is 29.0. The molecule has 0 atom stereocenters. The van der Waals surface area contributed by atoms with Crippen LogP contribution in [0.3, 0.4) is 0 Å². The molecule has 0 unspecified atom stereocenters. The lowest BCUT2D eigenvalue weighted by Crippen LogP contribution is -2.39. The van der Waals surface area contributed by atoms with Crippen LogP contribution in [0, 0.1) is 0 Å². The smallest absolute Gasteiger partial charge is 0.209 e. The van der Waals surface area contributed by atoms with Gasteiger partial charge in [0.15, 0.2) is 0 Å². The topological polar surface area (TPSA) is 48.3 Å². The molecule has 0 radical (unpaired) electrons. The third-order valence-electron chi connectivity index (χ3n) is 11.2. The standard InChI is InChI=1S/C49H31NO3S/c51-54(52)46-26-14-10-22-41(46)49(39-20-8-12-24-44(39)53-45-25-13-9-21-40(45)49)42-28-27-38-37-19-7-11-23-43(37)50(47(38)48(42)54)36-30-34(32-15-3-1-4-16-32)29-35(31-36)33-17-5-2-6-18-33/h1-31H. The van der Waals surface area contributed by atoms with Gasteiger partial charge in [-0.1, -0.05) is 146 Å². The third-order valence-corrected chi connectivity index (χ3v) is 13.1. The van der Waals surface area contributed by atoms with Crippen LogP contribution in [0.5, 0.6) is 11.5 Å². The number of para-hydroxylation sites is 3. The van der Waals surface area contributed by atoms with Gasteiger partial charge in [-0.2, -0.15) is 0 Å². The second kappa shape index (κ2) is 11.4. The second-order valence-electron chi connectivity index (χ2n) is 14.0. The van der Waals surface area contributed by atoms with Crippen molar-refractivity contribution in [3.63, 3.8) is 0 Å². The maximum atomic E-state index is 15.6. The zero-order valence-corrected chi connectivity index (χ0v) is 29.8. The molecule has 0 fully saturated rings. The molecule has 256 valence electrons. The van der Waals surface area contributed by atoms with Crippen LogP contribution in [0.1, 0.15) is 22.3 Å². The molecule has 1 aromatic heterocycles. The highest BCUT2D eigenvalue weighted by atomic mass is 32.2. The number of rotatable bonds is 3. The molecule has 0 amide bonds. The van der Waals surface area contributed by atoms with E-state index in [0.29, 0.717) is 32.4 Å². The molecule has 3 heterocycles. The fourth-order valence-electron chi connectivity index (χ4n) is 9.04. The minimum Gasteiger partial charge on any atom is -0.457 e. The SMILES string of the molecule is O=S1(=O)c2ccccc2C2(c3ccccc3Oc3ccccc32)c2ccc3c4ccccc4n(-c4cc(-c5ccccc5)cc(-c5ccccc5)c4)c3c21. The monoisotopic (exact) mass is 713 g/mol. The van der Waals surface area contributed by atoms with E-state index in [1.165, 1.54) is 0 Å². The maximum absolute atomic E-state index is 15.6. The van der Waals surface area contributed by atoms with Crippen LogP contribution in [0.2, 0.25) is 0 Å². The van der Waals surface area contributed by atoms with Gasteiger partial charge in [-0.3, -0.25) is 0 Å². The van der Waals surface area contributed by atoms with E-state index in [2.05, 4.69) is 83.4 Å². The predicted molar refractivity (Wildman–Crippen MR) is 215 cm³/mol. The van der Waals surface area contributed by atoms with Crippen molar-refractivity contribution in [2.75, 3.05) is 0 Å². The van der Waals surface area contributed by atoms with Gasteiger partial charge < -0.3 is 9.30 Å². The van der Waals surface area contributed by atoms with E-state index in [1.807, 2.05) is 103 Å². The first-order valence-corrected chi connectivity index (χ1v) is 19.6. The van der Waals surface area contributed by atoms with Gasteiger partial charge in [-0.25, -0.2) is 8.42 Å². The molecule has 4 nitrogen and oxygen atoms in total. The summed E-state index contributed by atoms with van der Waals surface area (Å²) < 4.78 is 39.9. The lowest BCUT2D eigenvalue weighted by atomic mass is 9.63. The van der Waals surface area contributed by atoms with Crippen molar-refractivity contribution in [2.24, 2.45) is 0 Å². The molecule has 1 spiro atoms. The van der Waals surface area contributed by atoms with Crippen molar-refractivity contribution in [1.82, 2.24) is 4.57 Å². The van der Waals surface area contributed by atoms with Gasteiger partial charge in [-0.05, 0) is 75.8 Å². The zero-order chi connectivity index (χ0) is 36.0. The number of aromatic nitrogens is 1. The molecule has 0 bridgehead atoms. The summed E-state index contributed by atoms with van der Waals surface area (Å²) in [5.41, 5.74) is 8.99. The normalized spacial score (nSPS) is 14.5. The van der Waals surface area contributed by atoms with Gasteiger partial charge in [0.25, 0.3) is 0 Å². The minimum atomic E-state index is -4.07. The van der Waals surface area contributed by atoms with Crippen molar-refractivity contribution in [3.05, 3.63) is 210 Å². The Kier molecular flexibility index (Phi) is 6.52. The van der Waals surface area contributed by atoms with Crippen LogP contribution >= 0.6 is 0 Å². The molecule has 0 aliphatic carbocycles. The summed E-state index contributed by atoms with van der Waals surface area (Å²) in [6.07, 6.45) is 0. The van der Waals surface area contributed by atoms with Crippen LogP contribution in [0.4, 0.5) is 0 Å². The van der Waals surface area contributed by atoms with Gasteiger partial charge in [-0.15, -0.1) is 0 Å². The fraction of sp³-hybridized carbons (Fsp3) is 0.0204. The fourth-order valence-corrected chi connectivity index (χ4v) is 11.0.